The van der Waals surface area contributed by atoms with Crippen LogP contribution in [0.2, 0.25) is 5.02 Å². The van der Waals surface area contributed by atoms with Gasteiger partial charge in [0.2, 0.25) is 5.91 Å². The zero-order valence-electron chi connectivity index (χ0n) is 14.9. The molecule has 0 bridgehead atoms. The molecule has 3 rings (SSSR count). The fourth-order valence-electron chi connectivity index (χ4n) is 2.76. The van der Waals surface area contributed by atoms with E-state index in [4.69, 9.17) is 11.6 Å². The molecule has 1 aromatic carbocycles. The van der Waals surface area contributed by atoms with Crippen molar-refractivity contribution in [1.29, 1.82) is 0 Å². The molecular weight excluding hydrogens is 372 g/mol. The number of aromatic nitrogens is 2. The molecule has 0 unspecified atom stereocenters. The standard InChI is InChI=1S/C18H21ClN4O2S/c1-18(2,3)20-16(24)15(11-4-6-12(19)7-5-11)23(13-8-9-13)17(25)14-10-26-22-21-14/h4-7,10,13,15H,8-9H2,1-3H3,(H,20,24)/t15-/m0/s1. The van der Waals surface area contributed by atoms with Gasteiger partial charge < -0.3 is 10.2 Å². The van der Waals surface area contributed by atoms with Crippen LogP contribution in [0.15, 0.2) is 29.6 Å². The number of amides is 2. The van der Waals surface area contributed by atoms with Crippen molar-refractivity contribution in [1.82, 2.24) is 19.8 Å². The average Bonchev–Trinajstić information content (AvgIpc) is 3.23. The number of carbonyl (C=O) groups is 2. The highest BCUT2D eigenvalue weighted by Crippen LogP contribution is 2.36. The fraction of sp³-hybridized carbons (Fsp3) is 0.444. The first-order valence-electron chi connectivity index (χ1n) is 8.43. The number of hydrogen-bond donors (Lipinski definition) is 1. The second-order valence-corrected chi connectivity index (χ2v) is 8.47. The zero-order chi connectivity index (χ0) is 18.9. The van der Waals surface area contributed by atoms with Crippen LogP contribution < -0.4 is 5.32 Å². The molecule has 1 heterocycles. The number of carbonyl (C=O) groups excluding carboxylic acids is 2. The Bertz CT molecular complexity index is 783. The van der Waals surface area contributed by atoms with Gasteiger partial charge in [-0.2, -0.15) is 0 Å². The Labute approximate surface area is 161 Å². The van der Waals surface area contributed by atoms with E-state index in [1.807, 2.05) is 20.8 Å². The highest BCUT2D eigenvalue weighted by atomic mass is 35.5. The molecule has 138 valence electrons. The molecule has 6 nitrogen and oxygen atoms in total. The van der Waals surface area contributed by atoms with Crippen LogP contribution in [0, 0.1) is 0 Å². The summed E-state index contributed by atoms with van der Waals surface area (Å²) >= 11 is 7.12. The molecule has 1 aliphatic carbocycles. The van der Waals surface area contributed by atoms with Gasteiger partial charge in [0.25, 0.3) is 5.91 Å². The summed E-state index contributed by atoms with van der Waals surface area (Å²) in [4.78, 5) is 27.8. The Kier molecular flexibility index (Phi) is 5.29. The van der Waals surface area contributed by atoms with E-state index in [1.165, 1.54) is 0 Å². The molecule has 8 heteroatoms. The topological polar surface area (TPSA) is 75.2 Å². The summed E-state index contributed by atoms with van der Waals surface area (Å²) in [7, 11) is 0. The average molecular weight is 393 g/mol. The summed E-state index contributed by atoms with van der Waals surface area (Å²) in [5.41, 5.74) is 0.575. The number of halogens is 1. The monoisotopic (exact) mass is 392 g/mol. The second kappa shape index (κ2) is 7.32. The lowest BCUT2D eigenvalue weighted by atomic mass is 10.0. The van der Waals surface area contributed by atoms with Crippen LogP contribution in [0.4, 0.5) is 0 Å². The van der Waals surface area contributed by atoms with Crippen LogP contribution in [0.5, 0.6) is 0 Å². The number of rotatable bonds is 5. The minimum absolute atomic E-state index is 0.0237. The van der Waals surface area contributed by atoms with Crippen LogP contribution in [-0.4, -0.2) is 37.9 Å². The number of benzene rings is 1. The molecule has 1 aliphatic rings. The van der Waals surface area contributed by atoms with E-state index in [2.05, 4.69) is 14.9 Å². The summed E-state index contributed by atoms with van der Waals surface area (Å²) in [5.74, 6) is -0.492. The lowest BCUT2D eigenvalue weighted by Crippen LogP contribution is -2.50. The van der Waals surface area contributed by atoms with Gasteiger partial charge in [0, 0.05) is 22.0 Å². The van der Waals surface area contributed by atoms with E-state index in [-0.39, 0.29) is 23.6 Å². The summed E-state index contributed by atoms with van der Waals surface area (Å²) in [6.07, 6.45) is 1.74. The van der Waals surface area contributed by atoms with E-state index in [0.717, 1.165) is 29.9 Å². The van der Waals surface area contributed by atoms with Crippen molar-refractivity contribution in [3.8, 4) is 0 Å². The quantitative estimate of drug-likeness (QED) is 0.845. The lowest BCUT2D eigenvalue weighted by molar-refractivity contribution is -0.127. The van der Waals surface area contributed by atoms with Crippen molar-refractivity contribution in [3.63, 3.8) is 0 Å². The van der Waals surface area contributed by atoms with Crippen molar-refractivity contribution >= 4 is 34.9 Å². The highest BCUT2D eigenvalue weighted by Gasteiger charge is 2.42. The number of nitrogens with one attached hydrogen (secondary N) is 1. The van der Waals surface area contributed by atoms with Gasteiger partial charge in [0.15, 0.2) is 5.69 Å². The third kappa shape index (κ3) is 4.40. The molecule has 2 aromatic rings. The maximum absolute atomic E-state index is 13.1. The molecule has 1 atom stereocenters. The SMILES string of the molecule is CC(C)(C)NC(=O)[C@H](c1ccc(Cl)cc1)N(C(=O)c1csnn1)C1CC1. The van der Waals surface area contributed by atoms with E-state index in [9.17, 15) is 9.59 Å². The minimum Gasteiger partial charge on any atom is -0.349 e. The van der Waals surface area contributed by atoms with Crippen molar-refractivity contribution in [2.45, 2.75) is 51.2 Å². The van der Waals surface area contributed by atoms with E-state index in [1.54, 1.807) is 34.5 Å². The second-order valence-electron chi connectivity index (χ2n) is 7.43. The van der Waals surface area contributed by atoms with Crippen molar-refractivity contribution in [2.75, 3.05) is 0 Å². The lowest BCUT2D eigenvalue weighted by Gasteiger charge is -2.33. The van der Waals surface area contributed by atoms with E-state index < -0.39 is 11.6 Å². The first-order chi connectivity index (χ1) is 12.3. The van der Waals surface area contributed by atoms with E-state index in [0.29, 0.717) is 5.02 Å². The molecule has 2 amide bonds. The molecule has 1 aromatic heterocycles. The maximum atomic E-state index is 13.1. The molecule has 0 saturated heterocycles. The molecular formula is C18H21ClN4O2S. The molecule has 0 spiro atoms. The molecule has 0 radical (unpaired) electrons. The first kappa shape index (κ1) is 18.8. The maximum Gasteiger partial charge on any atom is 0.276 e. The Morgan fingerprint density at radius 2 is 1.92 bits per heavy atom. The van der Waals surface area contributed by atoms with Crippen LogP contribution in [-0.2, 0) is 4.79 Å². The first-order valence-corrected chi connectivity index (χ1v) is 9.65. The third-order valence-corrected chi connectivity index (χ3v) is 4.72. The van der Waals surface area contributed by atoms with Gasteiger partial charge in [-0.15, -0.1) is 5.10 Å². The Balaban J connectivity index is 2.00. The predicted molar refractivity (Wildman–Crippen MR) is 101 cm³/mol. The van der Waals surface area contributed by atoms with Gasteiger partial charge in [-0.25, -0.2) is 0 Å². The van der Waals surface area contributed by atoms with Gasteiger partial charge >= 0.3 is 0 Å². The number of hydrogen-bond acceptors (Lipinski definition) is 5. The molecule has 26 heavy (non-hydrogen) atoms. The van der Waals surface area contributed by atoms with Crippen molar-refractivity contribution < 1.29 is 9.59 Å². The van der Waals surface area contributed by atoms with Gasteiger partial charge in [-0.1, -0.05) is 28.2 Å². The summed E-state index contributed by atoms with van der Waals surface area (Å²) < 4.78 is 3.78. The fourth-order valence-corrected chi connectivity index (χ4v) is 3.31. The van der Waals surface area contributed by atoms with E-state index >= 15 is 0 Å². The highest BCUT2D eigenvalue weighted by molar-refractivity contribution is 7.03. The largest absolute Gasteiger partial charge is 0.349 e. The van der Waals surface area contributed by atoms with Crippen LogP contribution in [0.1, 0.15) is 55.7 Å². The Morgan fingerprint density at radius 1 is 1.27 bits per heavy atom. The van der Waals surface area contributed by atoms with Crippen molar-refractivity contribution in [2.24, 2.45) is 0 Å². The van der Waals surface area contributed by atoms with Gasteiger partial charge in [-0.05, 0) is 62.8 Å². The molecule has 1 N–H and O–H groups in total. The summed E-state index contributed by atoms with van der Waals surface area (Å²) in [6.45, 7) is 5.74. The molecule has 0 aliphatic heterocycles. The normalized spacial score (nSPS) is 15.4. The van der Waals surface area contributed by atoms with Gasteiger partial charge in [0.05, 0.1) is 0 Å². The van der Waals surface area contributed by atoms with Gasteiger partial charge in [-0.3, -0.25) is 9.59 Å². The third-order valence-electron chi connectivity index (χ3n) is 3.96. The summed E-state index contributed by atoms with van der Waals surface area (Å²) in [6, 6.07) is 6.32. The Hall–Kier alpha value is -1.99. The van der Waals surface area contributed by atoms with Crippen LogP contribution in [0.25, 0.3) is 0 Å². The molecule has 1 saturated carbocycles. The zero-order valence-corrected chi connectivity index (χ0v) is 16.5. The predicted octanol–water partition coefficient (Wildman–Crippen LogP) is 3.45. The Morgan fingerprint density at radius 3 is 2.42 bits per heavy atom. The smallest absolute Gasteiger partial charge is 0.276 e. The minimum atomic E-state index is -0.742. The van der Waals surface area contributed by atoms with Crippen LogP contribution >= 0.6 is 23.1 Å². The number of nitrogens with zero attached hydrogens (tertiary/aromatic N) is 3. The van der Waals surface area contributed by atoms with Gasteiger partial charge in [0.1, 0.15) is 6.04 Å². The summed E-state index contributed by atoms with van der Waals surface area (Å²) in [5, 5.41) is 9.08. The molecule has 1 fully saturated rings. The van der Waals surface area contributed by atoms with Crippen molar-refractivity contribution in [3.05, 3.63) is 45.9 Å². The van der Waals surface area contributed by atoms with Crippen LogP contribution in [0.3, 0.4) is 0 Å².